The zero-order chi connectivity index (χ0) is 17.1. The molecule has 1 aromatic rings. The van der Waals surface area contributed by atoms with Crippen molar-refractivity contribution in [3.8, 4) is 0 Å². The summed E-state index contributed by atoms with van der Waals surface area (Å²) in [7, 11) is 0. The van der Waals surface area contributed by atoms with Gasteiger partial charge in [0.1, 0.15) is 0 Å². The molecule has 0 aliphatic carbocycles. The Morgan fingerprint density at radius 2 is 1.41 bits per heavy atom. The fraction of sp³-hybridized carbons (Fsp3) is 0.533. The van der Waals surface area contributed by atoms with Gasteiger partial charge in [-0.2, -0.15) is 0 Å². The summed E-state index contributed by atoms with van der Waals surface area (Å²) < 4.78 is 70.6. The van der Waals surface area contributed by atoms with Crippen LogP contribution in [0.15, 0.2) is 0 Å². The molecule has 1 rings (SSSR count). The maximum absolute atomic E-state index is 13.4. The minimum Gasteiger partial charge on any atom is -0.465 e. The average molecular weight is 324 g/mol. The first kappa shape index (κ1) is 18.4. The van der Waals surface area contributed by atoms with Crippen LogP contribution in [0.2, 0.25) is 0 Å². The van der Waals surface area contributed by atoms with Crippen LogP contribution in [0, 0.1) is 34.5 Å². The number of carbonyl (C=O) groups excluding carboxylic acids is 1. The lowest BCUT2D eigenvalue weighted by molar-refractivity contribution is -0.146. The van der Waals surface area contributed by atoms with Crippen LogP contribution in [0.5, 0.6) is 0 Å². The number of hydrogen-bond acceptors (Lipinski definition) is 2. The van der Waals surface area contributed by atoms with Crippen LogP contribution < -0.4 is 0 Å². The van der Waals surface area contributed by atoms with E-state index in [1.54, 1.807) is 0 Å². The molecule has 0 aliphatic heterocycles. The molecular weight excluding hydrogens is 307 g/mol. The number of benzene rings is 1. The SMILES string of the molecule is CCC(C)(C)COC(=O)CCc1c(F)c(F)c(F)c(F)c1F. The molecular formula is C15H17F5O2. The second kappa shape index (κ2) is 7.07. The molecule has 124 valence electrons. The lowest BCUT2D eigenvalue weighted by atomic mass is 9.92. The first-order valence-corrected chi connectivity index (χ1v) is 6.76. The molecule has 0 saturated carbocycles. The van der Waals surface area contributed by atoms with Crippen molar-refractivity contribution in [3.63, 3.8) is 0 Å². The first-order valence-electron chi connectivity index (χ1n) is 6.76. The summed E-state index contributed by atoms with van der Waals surface area (Å²) >= 11 is 0. The second-order valence-corrected chi connectivity index (χ2v) is 5.73. The lowest BCUT2D eigenvalue weighted by Gasteiger charge is -2.21. The predicted molar refractivity (Wildman–Crippen MR) is 69.6 cm³/mol. The summed E-state index contributed by atoms with van der Waals surface area (Å²) in [5.41, 5.74) is -1.26. The molecule has 1 aromatic carbocycles. The van der Waals surface area contributed by atoms with Gasteiger partial charge in [0.2, 0.25) is 5.82 Å². The van der Waals surface area contributed by atoms with E-state index in [-0.39, 0.29) is 12.0 Å². The molecule has 22 heavy (non-hydrogen) atoms. The van der Waals surface area contributed by atoms with Crippen molar-refractivity contribution in [2.75, 3.05) is 6.61 Å². The number of halogens is 5. The molecule has 0 aliphatic rings. The average Bonchev–Trinajstić information content (AvgIpc) is 2.49. The van der Waals surface area contributed by atoms with Crippen LogP contribution in [0.3, 0.4) is 0 Å². The minimum absolute atomic E-state index is 0.111. The van der Waals surface area contributed by atoms with Crippen LogP contribution in [0.25, 0.3) is 0 Å². The van der Waals surface area contributed by atoms with Crippen LogP contribution >= 0.6 is 0 Å². The van der Waals surface area contributed by atoms with E-state index in [0.29, 0.717) is 0 Å². The molecule has 0 unspecified atom stereocenters. The predicted octanol–water partition coefficient (Wildman–Crippen LogP) is 4.29. The molecule has 0 fully saturated rings. The highest BCUT2D eigenvalue weighted by molar-refractivity contribution is 5.69. The van der Waals surface area contributed by atoms with E-state index in [9.17, 15) is 26.7 Å². The van der Waals surface area contributed by atoms with Crippen LogP contribution in [0.1, 0.15) is 39.2 Å². The van der Waals surface area contributed by atoms with Crippen molar-refractivity contribution in [2.45, 2.75) is 40.0 Å². The number of carbonyl (C=O) groups is 1. The number of ether oxygens (including phenoxy) is 1. The highest BCUT2D eigenvalue weighted by Gasteiger charge is 2.26. The van der Waals surface area contributed by atoms with E-state index >= 15 is 0 Å². The molecule has 0 N–H and O–H groups in total. The van der Waals surface area contributed by atoms with Crippen molar-refractivity contribution >= 4 is 5.97 Å². The lowest BCUT2D eigenvalue weighted by Crippen LogP contribution is -2.21. The summed E-state index contributed by atoms with van der Waals surface area (Å²) in [6, 6.07) is 0. The molecule has 2 nitrogen and oxygen atoms in total. The second-order valence-electron chi connectivity index (χ2n) is 5.73. The molecule has 0 amide bonds. The Hall–Kier alpha value is -1.66. The third-order valence-corrected chi connectivity index (χ3v) is 3.46. The normalized spacial score (nSPS) is 11.6. The van der Waals surface area contributed by atoms with Gasteiger partial charge in [-0.3, -0.25) is 4.79 Å². The third-order valence-electron chi connectivity index (χ3n) is 3.46. The fourth-order valence-electron chi connectivity index (χ4n) is 1.55. The molecule has 0 aromatic heterocycles. The van der Waals surface area contributed by atoms with Crippen LogP contribution in [-0.4, -0.2) is 12.6 Å². The van der Waals surface area contributed by atoms with Gasteiger partial charge in [0.25, 0.3) is 0 Å². The van der Waals surface area contributed by atoms with Crippen molar-refractivity contribution < 1.29 is 31.5 Å². The van der Waals surface area contributed by atoms with E-state index in [0.717, 1.165) is 6.42 Å². The van der Waals surface area contributed by atoms with Gasteiger partial charge in [-0.25, -0.2) is 22.0 Å². The van der Waals surface area contributed by atoms with E-state index in [1.807, 2.05) is 20.8 Å². The number of hydrogen-bond donors (Lipinski definition) is 0. The maximum Gasteiger partial charge on any atom is 0.306 e. The Labute approximate surface area is 125 Å². The third kappa shape index (κ3) is 4.18. The number of rotatable bonds is 6. The summed E-state index contributed by atoms with van der Waals surface area (Å²) in [4.78, 5) is 11.5. The van der Waals surface area contributed by atoms with Gasteiger partial charge >= 0.3 is 5.97 Å². The van der Waals surface area contributed by atoms with E-state index in [1.165, 1.54) is 0 Å². The fourth-order valence-corrected chi connectivity index (χ4v) is 1.55. The topological polar surface area (TPSA) is 26.3 Å². The molecule has 7 heteroatoms. The summed E-state index contributed by atoms with van der Waals surface area (Å²) in [6.45, 7) is 5.75. The van der Waals surface area contributed by atoms with E-state index < -0.39 is 53.5 Å². The Morgan fingerprint density at radius 3 is 1.86 bits per heavy atom. The van der Waals surface area contributed by atoms with E-state index in [4.69, 9.17) is 4.74 Å². The summed E-state index contributed by atoms with van der Waals surface area (Å²) in [6.07, 6.45) is -0.354. The van der Waals surface area contributed by atoms with Gasteiger partial charge in [0.15, 0.2) is 23.3 Å². The van der Waals surface area contributed by atoms with Gasteiger partial charge < -0.3 is 4.74 Å². The smallest absolute Gasteiger partial charge is 0.306 e. The Balaban J connectivity index is 2.75. The van der Waals surface area contributed by atoms with Crippen molar-refractivity contribution in [2.24, 2.45) is 5.41 Å². The monoisotopic (exact) mass is 324 g/mol. The van der Waals surface area contributed by atoms with Gasteiger partial charge in [-0.05, 0) is 18.3 Å². The molecule has 0 radical (unpaired) electrons. The van der Waals surface area contributed by atoms with Crippen LogP contribution in [0.4, 0.5) is 22.0 Å². The van der Waals surface area contributed by atoms with Gasteiger partial charge in [-0.1, -0.05) is 20.8 Å². The highest BCUT2D eigenvalue weighted by Crippen LogP contribution is 2.24. The quantitative estimate of drug-likeness (QED) is 0.338. The molecule has 0 bridgehead atoms. The molecule has 0 atom stereocenters. The summed E-state index contributed by atoms with van der Waals surface area (Å²) in [5, 5.41) is 0. The Bertz CT molecular complexity index is 541. The summed E-state index contributed by atoms with van der Waals surface area (Å²) in [5.74, 6) is -10.9. The molecule has 0 heterocycles. The van der Waals surface area contributed by atoms with Crippen molar-refractivity contribution in [3.05, 3.63) is 34.6 Å². The Kier molecular flexibility index (Phi) is 5.91. The zero-order valence-corrected chi connectivity index (χ0v) is 12.5. The van der Waals surface area contributed by atoms with Crippen molar-refractivity contribution in [1.82, 2.24) is 0 Å². The van der Waals surface area contributed by atoms with Gasteiger partial charge in [0, 0.05) is 12.0 Å². The number of esters is 1. The van der Waals surface area contributed by atoms with Crippen molar-refractivity contribution in [1.29, 1.82) is 0 Å². The van der Waals surface area contributed by atoms with Gasteiger partial charge in [-0.15, -0.1) is 0 Å². The maximum atomic E-state index is 13.4. The minimum atomic E-state index is -2.22. The Morgan fingerprint density at radius 1 is 0.955 bits per heavy atom. The molecule has 0 spiro atoms. The molecule has 0 saturated heterocycles. The zero-order valence-electron chi connectivity index (χ0n) is 12.5. The largest absolute Gasteiger partial charge is 0.465 e. The van der Waals surface area contributed by atoms with Gasteiger partial charge in [0.05, 0.1) is 6.61 Å². The highest BCUT2D eigenvalue weighted by atomic mass is 19.2. The standard InChI is InChI=1S/C15H17F5O2/c1-4-15(2,3)7-22-9(21)6-5-8-10(16)12(18)14(20)13(19)11(8)17/h4-7H2,1-3H3. The van der Waals surface area contributed by atoms with E-state index in [2.05, 4.69) is 0 Å². The van der Waals surface area contributed by atoms with Crippen LogP contribution in [-0.2, 0) is 16.0 Å². The first-order chi connectivity index (χ1) is 10.1.